The minimum atomic E-state index is -0.862. The van der Waals surface area contributed by atoms with E-state index in [-0.39, 0.29) is 12.2 Å². The predicted octanol–water partition coefficient (Wildman–Crippen LogP) is 3.58. The molecule has 0 spiro atoms. The molecule has 0 saturated carbocycles. The number of benzene rings is 1. The van der Waals surface area contributed by atoms with Gasteiger partial charge in [0, 0.05) is 12.0 Å². The molecule has 0 bridgehead atoms. The highest BCUT2D eigenvalue weighted by Crippen LogP contribution is 2.17. The van der Waals surface area contributed by atoms with Gasteiger partial charge in [0.25, 0.3) is 0 Å². The third kappa shape index (κ3) is 4.18. The van der Waals surface area contributed by atoms with Crippen LogP contribution in [0, 0.1) is 12.7 Å². The maximum atomic E-state index is 12.8. The van der Waals surface area contributed by atoms with Gasteiger partial charge in [-0.2, -0.15) is 5.10 Å². The molecule has 0 fully saturated rings. The zero-order valence-corrected chi connectivity index (χ0v) is 12.4. The Kier molecular flexibility index (Phi) is 4.93. The second-order valence-electron chi connectivity index (χ2n) is 4.89. The van der Waals surface area contributed by atoms with E-state index in [9.17, 15) is 9.18 Å². The van der Waals surface area contributed by atoms with E-state index in [1.165, 1.54) is 12.1 Å². The molecule has 2 N–H and O–H groups in total. The van der Waals surface area contributed by atoms with E-state index in [0.717, 1.165) is 5.56 Å². The van der Waals surface area contributed by atoms with Crippen molar-refractivity contribution in [2.24, 2.45) is 5.10 Å². The van der Waals surface area contributed by atoms with Gasteiger partial charge in [-0.25, -0.2) is 4.39 Å². The number of hydrazone groups is 1. The SMILES string of the molecule is C/C(=N/Nc1ccc(F)cc1)c1cc(CCC(=O)O)oc1C. The lowest BCUT2D eigenvalue weighted by Gasteiger charge is -2.02. The number of furan rings is 1. The number of nitrogens with zero attached hydrogens (tertiary/aromatic N) is 1. The molecule has 0 aliphatic carbocycles. The molecule has 0 aliphatic heterocycles. The quantitative estimate of drug-likeness (QED) is 0.632. The minimum Gasteiger partial charge on any atom is -0.481 e. The highest BCUT2D eigenvalue weighted by molar-refractivity contribution is 6.00. The number of rotatable bonds is 6. The van der Waals surface area contributed by atoms with Crippen LogP contribution in [-0.4, -0.2) is 16.8 Å². The van der Waals surface area contributed by atoms with Crippen LogP contribution < -0.4 is 5.43 Å². The molecule has 0 atom stereocenters. The molecular weight excluding hydrogens is 287 g/mol. The molecule has 22 heavy (non-hydrogen) atoms. The lowest BCUT2D eigenvalue weighted by Crippen LogP contribution is -2.00. The van der Waals surface area contributed by atoms with Crippen molar-refractivity contribution in [1.29, 1.82) is 0 Å². The lowest BCUT2D eigenvalue weighted by molar-refractivity contribution is -0.137. The van der Waals surface area contributed by atoms with E-state index in [0.29, 0.717) is 29.3 Å². The molecule has 6 heteroatoms. The van der Waals surface area contributed by atoms with E-state index >= 15 is 0 Å². The van der Waals surface area contributed by atoms with Gasteiger partial charge in [0.1, 0.15) is 17.3 Å². The number of hydrogen-bond donors (Lipinski definition) is 2. The fraction of sp³-hybridized carbons (Fsp3) is 0.250. The Morgan fingerprint density at radius 2 is 2.05 bits per heavy atom. The summed E-state index contributed by atoms with van der Waals surface area (Å²) in [6.45, 7) is 3.62. The van der Waals surface area contributed by atoms with Crippen molar-refractivity contribution in [2.75, 3.05) is 5.43 Å². The Morgan fingerprint density at radius 1 is 1.36 bits per heavy atom. The molecule has 0 aliphatic rings. The van der Waals surface area contributed by atoms with Crippen molar-refractivity contribution in [3.63, 3.8) is 0 Å². The third-order valence-corrected chi connectivity index (χ3v) is 3.14. The van der Waals surface area contributed by atoms with Crippen LogP contribution in [-0.2, 0) is 11.2 Å². The third-order valence-electron chi connectivity index (χ3n) is 3.14. The fourth-order valence-corrected chi connectivity index (χ4v) is 1.99. The second kappa shape index (κ2) is 6.89. The average molecular weight is 304 g/mol. The molecule has 0 saturated heterocycles. The zero-order chi connectivity index (χ0) is 16.1. The summed E-state index contributed by atoms with van der Waals surface area (Å²) in [6.07, 6.45) is 0.366. The van der Waals surface area contributed by atoms with Crippen molar-refractivity contribution in [2.45, 2.75) is 26.7 Å². The second-order valence-corrected chi connectivity index (χ2v) is 4.89. The van der Waals surface area contributed by atoms with Gasteiger partial charge in [0.15, 0.2) is 0 Å². The van der Waals surface area contributed by atoms with Crippen molar-refractivity contribution in [3.8, 4) is 0 Å². The van der Waals surface area contributed by atoms with Gasteiger partial charge in [-0.15, -0.1) is 0 Å². The van der Waals surface area contributed by atoms with Crippen LogP contribution in [0.2, 0.25) is 0 Å². The van der Waals surface area contributed by atoms with Gasteiger partial charge in [-0.3, -0.25) is 10.2 Å². The lowest BCUT2D eigenvalue weighted by atomic mass is 10.1. The standard InChI is InChI=1S/C16H17FN2O3/c1-10(18-19-13-5-3-12(17)4-6-13)15-9-14(22-11(15)2)7-8-16(20)21/h3-6,9,19H,7-8H2,1-2H3,(H,20,21)/b18-10-. The number of carboxylic acids is 1. The summed E-state index contributed by atoms with van der Waals surface area (Å²) in [5, 5.41) is 12.9. The van der Waals surface area contributed by atoms with Crippen LogP contribution in [0.3, 0.4) is 0 Å². The predicted molar refractivity (Wildman–Crippen MR) is 81.6 cm³/mol. The first-order chi connectivity index (χ1) is 10.5. The Balaban J connectivity index is 2.07. The van der Waals surface area contributed by atoms with Crippen molar-refractivity contribution < 1.29 is 18.7 Å². The summed E-state index contributed by atoms with van der Waals surface area (Å²) < 4.78 is 18.4. The van der Waals surface area contributed by atoms with Crippen LogP contribution in [0.4, 0.5) is 10.1 Å². The molecule has 0 radical (unpaired) electrons. The number of aryl methyl sites for hydroxylation is 2. The zero-order valence-electron chi connectivity index (χ0n) is 12.4. The minimum absolute atomic E-state index is 0.0242. The molecule has 1 aromatic heterocycles. The van der Waals surface area contributed by atoms with E-state index in [4.69, 9.17) is 9.52 Å². The van der Waals surface area contributed by atoms with E-state index in [2.05, 4.69) is 10.5 Å². The molecule has 0 amide bonds. The topological polar surface area (TPSA) is 74.8 Å². The number of hydrogen-bond acceptors (Lipinski definition) is 4. The summed E-state index contributed by atoms with van der Waals surface area (Å²) in [5.41, 5.74) is 5.03. The Hall–Kier alpha value is -2.63. The summed E-state index contributed by atoms with van der Waals surface area (Å²) in [4.78, 5) is 10.6. The van der Waals surface area contributed by atoms with Gasteiger partial charge < -0.3 is 9.52 Å². The summed E-state index contributed by atoms with van der Waals surface area (Å²) >= 11 is 0. The molecular formula is C16H17FN2O3. The van der Waals surface area contributed by atoms with Crippen molar-refractivity contribution in [3.05, 3.63) is 53.2 Å². The summed E-state index contributed by atoms with van der Waals surface area (Å²) in [7, 11) is 0. The first kappa shape index (κ1) is 15.8. The average Bonchev–Trinajstić information content (AvgIpc) is 2.85. The molecule has 5 nitrogen and oxygen atoms in total. The van der Waals surface area contributed by atoms with Crippen LogP contribution in [0.5, 0.6) is 0 Å². The molecule has 0 unspecified atom stereocenters. The van der Waals surface area contributed by atoms with Crippen LogP contribution in [0.25, 0.3) is 0 Å². The first-order valence-electron chi connectivity index (χ1n) is 6.83. The van der Waals surface area contributed by atoms with E-state index in [1.807, 2.05) is 6.92 Å². The van der Waals surface area contributed by atoms with Crippen molar-refractivity contribution >= 4 is 17.4 Å². The van der Waals surface area contributed by atoms with Gasteiger partial charge in [-0.1, -0.05) is 0 Å². The number of halogens is 1. The highest BCUT2D eigenvalue weighted by Gasteiger charge is 2.11. The van der Waals surface area contributed by atoms with Gasteiger partial charge in [-0.05, 0) is 44.2 Å². The van der Waals surface area contributed by atoms with E-state index < -0.39 is 5.97 Å². The van der Waals surface area contributed by atoms with Gasteiger partial charge in [0.05, 0.1) is 17.8 Å². The first-order valence-corrected chi connectivity index (χ1v) is 6.83. The smallest absolute Gasteiger partial charge is 0.303 e. The number of anilines is 1. The highest BCUT2D eigenvalue weighted by atomic mass is 19.1. The van der Waals surface area contributed by atoms with Gasteiger partial charge in [0.2, 0.25) is 0 Å². The van der Waals surface area contributed by atoms with Crippen LogP contribution in [0.1, 0.15) is 30.4 Å². The monoisotopic (exact) mass is 304 g/mol. The molecule has 1 heterocycles. The van der Waals surface area contributed by atoms with Crippen LogP contribution in [0.15, 0.2) is 39.9 Å². The molecule has 1 aromatic carbocycles. The number of nitrogens with one attached hydrogen (secondary N) is 1. The van der Waals surface area contributed by atoms with Gasteiger partial charge >= 0.3 is 5.97 Å². The molecule has 2 rings (SSSR count). The fourth-order valence-electron chi connectivity index (χ4n) is 1.99. The summed E-state index contributed by atoms with van der Waals surface area (Å²) in [6, 6.07) is 7.67. The molecule has 2 aromatic rings. The number of aliphatic carboxylic acids is 1. The van der Waals surface area contributed by atoms with Crippen molar-refractivity contribution in [1.82, 2.24) is 0 Å². The van der Waals surface area contributed by atoms with Crippen LogP contribution >= 0.6 is 0 Å². The van der Waals surface area contributed by atoms with E-state index in [1.54, 1.807) is 25.1 Å². The Bertz CT molecular complexity index is 690. The molecule has 116 valence electrons. The Morgan fingerprint density at radius 3 is 2.68 bits per heavy atom. The number of carbonyl (C=O) groups is 1. The normalized spacial score (nSPS) is 11.5. The Labute approximate surface area is 127 Å². The maximum absolute atomic E-state index is 12.8. The maximum Gasteiger partial charge on any atom is 0.303 e. The summed E-state index contributed by atoms with van der Waals surface area (Å²) in [5.74, 6) is 0.132. The number of carboxylic acid groups (broad SMARTS) is 1. The largest absolute Gasteiger partial charge is 0.481 e.